The average Bonchev–Trinajstić information content (AvgIpc) is 2.67. The first-order valence-electron chi connectivity index (χ1n) is 6.84. The molecule has 1 aromatic heterocycles. The molecule has 0 aliphatic heterocycles. The summed E-state index contributed by atoms with van der Waals surface area (Å²) in [5.74, 6) is 1.34. The Hall–Kier alpha value is -0.370. The summed E-state index contributed by atoms with van der Waals surface area (Å²) < 4.78 is 0. The quantitative estimate of drug-likeness (QED) is 0.570. The van der Waals surface area contributed by atoms with Crippen LogP contribution in [0.2, 0.25) is 0 Å². The molecule has 1 aromatic rings. The Morgan fingerprint density at radius 2 is 1.88 bits per heavy atom. The minimum absolute atomic E-state index is 0.513. The van der Waals surface area contributed by atoms with Crippen LogP contribution in [-0.2, 0) is 0 Å². The van der Waals surface area contributed by atoms with Crippen molar-refractivity contribution in [1.82, 2.24) is 4.98 Å². The predicted molar refractivity (Wildman–Crippen MR) is 76.6 cm³/mol. The fourth-order valence-electron chi connectivity index (χ4n) is 2.85. The van der Waals surface area contributed by atoms with Gasteiger partial charge in [-0.1, -0.05) is 54.6 Å². The number of nitrogens with zero attached hydrogens (tertiary/aromatic N) is 1. The van der Waals surface area contributed by atoms with Gasteiger partial charge in [-0.2, -0.15) is 0 Å². The molecule has 1 nitrogen and oxygen atoms in total. The Labute approximate surface area is 113 Å². The second-order valence-electron chi connectivity index (χ2n) is 5.24. The van der Waals surface area contributed by atoms with Crippen LogP contribution < -0.4 is 0 Å². The third kappa shape index (κ3) is 3.54. The van der Waals surface area contributed by atoms with Crippen molar-refractivity contribution in [2.75, 3.05) is 0 Å². The van der Waals surface area contributed by atoms with Crippen LogP contribution in [0, 0.1) is 5.92 Å². The maximum atomic E-state index is 4.49. The molecule has 2 rings (SSSR count). The lowest BCUT2D eigenvalue weighted by Gasteiger charge is -2.26. The molecular weight excluding hydrogens is 274 g/mol. The molecule has 2 unspecified atom stereocenters. The summed E-state index contributed by atoms with van der Waals surface area (Å²) in [5, 5.41) is 0. The third-order valence-corrected chi connectivity index (χ3v) is 5.52. The first-order chi connectivity index (χ1) is 8.29. The highest BCUT2D eigenvalue weighted by Gasteiger charge is 2.26. The molecule has 0 spiro atoms. The number of halogens is 1. The molecule has 2 heteroatoms. The van der Waals surface area contributed by atoms with Crippen molar-refractivity contribution in [3.05, 3.63) is 30.1 Å². The second-order valence-corrected chi connectivity index (χ2v) is 6.30. The van der Waals surface area contributed by atoms with Crippen LogP contribution in [0.5, 0.6) is 0 Å². The van der Waals surface area contributed by atoms with Crippen molar-refractivity contribution in [1.29, 1.82) is 0 Å². The largest absolute Gasteiger partial charge is 0.261 e. The number of aromatic nitrogens is 1. The molecule has 0 N–H and O–H groups in total. The van der Waals surface area contributed by atoms with Gasteiger partial charge in [-0.15, -0.1) is 0 Å². The van der Waals surface area contributed by atoms with Gasteiger partial charge in [0, 0.05) is 22.6 Å². The van der Waals surface area contributed by atoms with E-state index in [1.54, 1.807) is 0 Å². The lowest BCUT2D eigenvalue weighted by Crippen LogP contribution is -2.21. The van der Waals surface area contributed by atoms with Crippen molar-refractivity contribution in [2.24, 2.45) is 5.92 Å². The van der Waals surface area contributed by atoms with Gasteiger partial charge in [0.15, 0.2) is 0 Å². The van der Waals surface area contributed by atoms with Crippen molar-refractivity contribution >= 4 is 15.9 Å². The number of alkyl halides is 1. The molecule has 1 fully saturated rings. The Morgan fingerprint density at radius 1 is 1.18 bits per heavy atom. The molecule has 0 bridgehead atoms. The Kier molecular flexibility index (Phi) is 5.02. The fraction of sp³-hybridized carbons (Fsp3) is 0.667. The maximum absolute atomic E-state index is 4.49. The minimum Gasteiger partial charge on any atom is -0.261 e. The van der Waals surface area contributed by atoms with Crippen LogP contribution in [0.4, 0.5) is 0 Å². The van der Waals surface area contributed by atoms with Gasteiger partial charge < -0.3 is 0 Å². The Balaban J connectivity index is 2.00. The van der Waals surface area contributed by atoms with Crippen LogP contribution in [0.25, 0.3) is 0 Å². The summed E-state index contributed by atoms with van der Waals surface area (Å²) in [5.41, 5.74) is 1.22. The molecule has 0 saturated heterocycles. The van der Waals surface area contributed by atoms with Crippen LogP contribution in [0.3, 0.4) is 0 Å². The predicted octanol–water partition coefficient (Wildman–Crippen LogP) is 4.92. The van der Waals surface area contributed by atoms with Gasteiger partial charge in [0.25, 0.3) is 0 Å². The van der Waals surface area contributed by atoms with E-state index in [4.69, 9.17) is 0 Å². The standard InChI is InChI=1S/C15H22BrN/c1-12(14-10-6-7-11-17-14)15(16)13-8-4-2-3-5-9-13/h6-7,10-13,15H,2-5,8-9H2,1H3. The summed E-state index contributed by atoms with van der Waals surface area (Å²) >= 11 is 3.94. The SMILES string of the molecule is CC(c1ccccn1)C(Br)C1CCCCCC1. The van der Waals surface area contributed by atoms with Gasteiger partial charge >= 0.3 is 0 Å². The van der Waals surface area contributed by atoms with Gasteiger partial charge in [0.1, 0.15) is 0 Å². The van der Waals surface area contributed by atoms with E-state index in [-0.39, 0.29) is 0 Å². The van der Waals surface area contributed by atoms with Gasteiger partial charge in [-0.3, -0.25) is 4.98 Å². The molecule has 94 valence electrons. The molecule has 1 heterocycles. The molecule has 2 atom stereocenters. The number of hydrogen-bond donors (Lipinski definition) is 0. The summed E-state index contributed by atoms with van der Waals surface area (Å²) in [6.45, 7) is 2.30. The molecule has 1 saturated carbocycles. The Morgan fingerprint density at radius 3 is 2.47 bits per heavy atom. The highest BCUT2D eigenvalue weighted by atomic mass is 79.9. The molecule has 0 amide bonds. The van der Waals surface area contributed by atoms with E-state index in [2.05, 4.69) is 40.0 Å². The van der Waals surface area contributed by atoms with E-state index in [9.17, 15) is 0 Å². The van der Waals surface area contributed by atoms with E-state index in [1.165, 1.54) is 44.2 Å². The third-order valence-electron chi connectivity index (χ3n) is 3.98. The number of pyridine rings is 1. The Bertz CT molecular complexity index is 317. The summed E-state index contributed by atoms with van der Waals surface area (Å²) in [6.07, 6.45) is 10.3. The molecule has 0 radical (unpaired) electrons. The van der Waals surface area contributed by atoms with Crippen LogP contribution in [0.15, 0.2) is 24.4 Å². The summed E-state index contributed by atoms with van der Waals surface area (Å²) in [6, 6.07) is 6.23. The lowest BCUT2D eigenvalue weighted by atomic mass is 9.88. The fourth-order valence-corrected chi connectivity index (χ4v) is 3.65. The van der Waals surface area contributed by atoms with Crippen LogP contribution in [0.1, 0.15) is 57.1 Å². The van der Waals surface area contributed by atoms with E-state index in [0.29, 0.717) is 10.7 Å². The zero-order chi connectivity index (χ0) is 12.1. The monoisotopic (exact) mass is 295 g/mol. The molecule has 0 aromatic carbocycles. The van der Waals surface area contributed by atoms with Crippen molar-refractivity contribution < 1.29 is 0 Å². The van der Waals surface area contributed by atoms with Crippen molar-refractivity contribution in [2.45, 2.75) is 56.2 Å². The summed E-state index contributed by atoms with van der Waals surface area (Å²) in [4.78, 5) is 5.07. The van der Waals surface area contributed by atoms with Gasteiger partial charge in [0.2, 0.25) is 0 Å². The van der Waals surface area contributed by atoms with E-state index < -0.39 is 0 Å². The first-order valence-corrected chi connectivity index (χ1v) is 7.75. The molecule has 1 aliphatic rings. The van der Waals surface area contributed by atoms with E-state index >= 15 is 0 Å². The van der Waals surface area contributed by atoms with Crippen LogP contribution in [-0.4, -0.2) is 9.81 Å². The maximum Gasteiger partial charge on any atom is 0.0442 e. The first kappa shape index (κ1) is 13.1. The van der Waals surface area contributed by atoms with Crippen molar-refractivity contribution in [3.63, 3.8) is 0 Å². The topological polar surface area (TPSA) is 12.9 Å². The van der Waals surface area contributed by atoms with Crippen molar-refractivity contribution in [3.8, 4) is 0 Å². The highest BCUT2D eigenvalue weighted by molar-refractivity contribution is 9.09. The van der Waals surface area contributed by atoms with Gasteiger partial charge in [-0.25, -0.2) is 0 Å². The zero-order valence-electron chi connectivity index (χ0n) is 10.6. The van der Waals surface area contributed by atoms with Gasteiger partial charge in [0.05, 0.1) is 0 Å². The minimum atomic E-state index is 0.513. The van der Waals surface area contributed by atoms with E-state index in [1.807, 2.05) is 12.3 Å². The number of hydrogen-bond acceptors (Lipinski definition) is 1. The van der Waals surface area contributed by atoms with Crippen LogP contribution >= 0.6 is 15.9 Å². The summed E-state index contributed by atoms with van der Waals surface area (Å²) in [7, 11) is 0. The lowest BCUT2D eigenvalue weighted by molar-refractivity contribution is 0.415. The smallest absolute Gasteiger partial charge is 0.0442 e. The van der Waals surface area contributed by atoms with Gasteiger partial charge in [-0.05, 0) is 30.9 Å². The second kappa shape index (κ2) is 6.53. The molecular formula is C15H22BrN. The highest BCUT2D eigenvalue weighted by Crippen LogP contribution is 2.36. The molecule has 1 aliphatic carbocycles. The van der Waals surface area contributed by atoms with E-state index in [0.717, 1.165) is 5.92 Å². The molecule has 17 heavy (non-hydrogen) atoms. The normalized spacial score (nSPS) is 21.8. The zero-order valence-corrected chi connectivity index (χ0v) is 12.2. The number of rotatable bonds is 3. The average molecular weight is 296 g/mol.